The van der Waals surface area contributed by atoms with Gasteiger partial charge in [-0.2, -0.15) is 5.10 Å². The van der Waals surface area contributed by atoms with Gasteiger partial charge in [0.15, 0.2) is 5.84 Å². The fraction of sp³-hybridized carbons (Fsp3) is 0.250. The Labute approximate surface area is 178 Å². The molecular weight excluding hydrogens is 408 g/mol. The first-order valence-electron chi connectivity index (χ1n) is 9.23. The predicted molar refractivity (Wildman–Crippen MR) is 115 cm³/mol. The minimum absolute atomic E-state index is 0.0635. The van der Waals surface area contributed by atoms with E-state index in [1.165, 1.54) is 17.1 Å². The number of amides is 1. The Bertz CT molecular complexity index is 1100. The minimum Gasteiger partial charge on any atom is -0.317 e. The number of benzene rings is 2. The molecular formula is C20H19ClN6O3. The van der Waals surface area contributed by atoms with E-state index in [4.69, 9.17) is 16.6 Å². The summed E-state index contributed by atoms with van der Waals surface area (Å²) in [6.45, 7) is 0.632. The molecule has 0 unspecified atom stereocenters. The first-order valence-corrected chi connectivity index (χ1v) is 9.61. The highest BCUT2D eigenvalue weighted by Crippen LogP contribution is 2.33. The lowest BCUT2D eigenvalue weighted by Gasteiger charge is -2.33. The van der Waals surface area contributed by atoms with E-state index in [0.717, 1.165) is 0 Å². The molecule has 0 saturated heterocycles. The van der Waals surface area contributed by atoms with E-state index in [9.17, 15) is 14.9 Å². The highest BCUT2D eigenvalue weighted by atomic mass is 35.5. The number of hydrogen-bond acceptors (Lipinski definition) is 7. The van der Waals surface area contributed by atoms with Gasteiger partial charge in [0.2, 0.25) is 0 Å². The van der Waals surface area contributed by atoms with Gasteiger partial charge in [0.05, 0.1) is 29.5 Å². The number of aliphatic imine (C=N–C) groups is 1. The van der Waals surface area contributed by atoms with Gasteiger partial charge in [-0.05, 0) is 26.2 Å². The standard InChI is InChI=1S/C20H19ClN6O3/c1-24(2)12-26-19(28)11-25-17-8-7-13(27(29)30)9-15(17)20(22-10-18(25)23-26)14-5-3-4-6-16(14)21/h3-9H,10-12H2,1-2H3. The Morgan fingerprint density at radius 1 is 1.20 bits per heavy atom. The summed E-state index contributed by atoms with van der Waals surface area (Å²) in [5.41, 5.74) is 2.30. The van der Waals surface area contributed by atoms with Gasteiger partial charge >= 0.3 is 0 Å². The summed E-state index contributed by atoms with van der Waals surface area (Å²) in [5.74, 6) is 0.423. The molecule has 1 amide bonds. The van der Waals surface area contributed by atoms with Crippen LogP contribution in [0.2, 0.25) is 5.02 Å². The van der Waals surface area contributed by atoms with Gasteiger partial charge in [-0.25, -0.2) is 5.01 Å². The number of hydrazone groups is 1. The molecule has 0 aromatic heterocycles. The van der Waals surface area contributed by atoms with Crippen molar-refractivity contribution in [2.75, 3.05) is 38.8 Å². The number of nitro groups is 1. The number of halogens is 1. The van der Waals surface area contributed by atoms with Crippen LogP contribution in [-0.2, 0) is 4.79 Å². The second-order valence-corrected chi connectivity index (χ2v) is 7.63. The number of non-ortho nitro benzene ring substituents is 1. The smallest absolute Gasteiger partial charge is 0.270 e. The molecule has 0 spiro atoms. The third-order valence-electron chi connectivity index (χ3n) is 4.79. The van der Waals surface area contributed by atoms with Crippen LogP contribution in [0.3, 0.4) is 0 Å². The summed E-state index contributed by atoms with van der Waals surface area (Å²) in [6.07, 6.45) is 0. The van der Waals surface area contributed by atoms with E-state index in [2.05, 4.69) is 5.10 Å². The average molecular weight is 427 g/mol. The van der Waals surface area contributed by atoms with Crippen LogP contribution in [-0.4, -0.2) is 66.1 Å². The Morgan fingerprint density at radius 2 is 1.97 bits per heavy atom. The lowest BCUT2D eigenvalue weighted by atomic mass is 9.99. The summed E-state index contributed by atoms with van der Waals surface area (Å²) < 4.78 is 0. The maximum absolute atomic E-state index is 12.7. The van der Waals surface area contributed by atoms with Crippen LogP contribution in [0.5, 0.6) is 0 Å². The SMILES string of the molecule is CN(C)CN1N=C2CN=C(c3ccccc3Cl)c3cc([N+](=O)[O-])ccc3N2CC1=O. The molecule has 2 aromatic carbocycles. The zero-order valence-corrected chi connectivity index (χ0v) is 17.2. The molecule has 2 aromatic rings. The van der Waals surface area contributed by atoms with Crippen LogP contribution < -0.4 is 4.90 Å². The Hall–Kier alpha value is -3.30. The third kappa shape index (κ3) is 3.64. The summed E-state index contributed by atoms with van der Waals surface area (Å²) in [4.78, 5) is 31.9. The molecule has 30 heavy (non-hydrogen) atoms. The van der Waals surface area contributed by atoms with Crippen LogP contribution in [0.15, 0.2) is 52.6 Å². The van der Waals surface area contributed by atoms with Crippen molar-refractivity contribution in [2.45, 2.75) is 0 Å². The first kappa shape index (κ1) is 20.0. The molecule has 0 atom stereocenters. The van der Waals surface area contributed by atoms with Gasteiger partial charge in [-0.3, -0.25) is 24.8 Å². The largest absolute Gasteiger partial charge is 0.317 e. The van der Waals surface area contributed by atoms with E-state index < -0.39 is 4.92 Å². The van der Waals surface area contributed by atoms with Crippen molar-refractivity contribution in [1.82, 2.24) is 9.91 Å². The first-order chi connectivity index (χ1) is 14.3. The molecule has 10 heteroatoms. The maximum atomic E-state index is 12.7. The molecule has 0 aliphatic carbocycles. The highest BCUT2D eigenvalue weighted by Gasteiger charge is 2.33. The summed E-state index contributed by atoms with van der Waals surface area (Å²) in [6, 6.07) is 11.7. The third-order valence-corrected chi connectivity index (χ3v) is 5.12. The molecule has 0 fully saturated rings. The monoisotopic (exact) mass is 426 g/mol. The normalized spacial score (nSPS) is 15.9. The topological polar surface area (TPSA) is 94.7 Å². The Morgan fingerprint density at radius 3 is 2.67 bits per heavy atom. The van der Waals surface area contributed by atoms with Crippen LogP contribution in [0.25, 0.3) is 0 Å². The van der Waals surface area contributed by atoms with Crippen LogP contribution >= 0.6 is 11.6 Å². The average Bonchev–Trinajstić information content (AvgIpc) is 2.85. The molecule has 0 bridgehead atoms. The Kier molecular flexibility index (Phi) is 5.23. The molecule has 4 rings (SSSR count). The molecule has 9 nitrogen and oxygen atoms in total. The van der Waals surface area contributed by atoms with Crippen molar-refractivity contribution in [3.8, 4) is 0 Å². The lowest BCUT2D eigenvalue weighted by molar-refractivity contribution is -0.384. The van der Waals surface area contributed by atoms with E-state index in [0.29, 0.717) is 40.1 Å². The number of nitro benzene ring substituents is 1. The molecule has 154 valence electrons. The number of rotatable bonds is 4. The number of fused-ring (bicyclic) bond motifs is 3. The minimum atomic E-state index is -0.454. The second-order valence-electron chi connectivity index (χ2n) is 7.22. The van der Waals surface area contributed by atoms with E-state index in [1.807, 2.05) is 37.2 Å². The molecule has 2 aliphatic rings. The van der Waals surface area contributed by atoms with Gasteiger partial charge in [0.1, 0.15) is 6.54 Å². The zero-order chi connectivity index (χ0) is 21.4. The van der Waals surface area contributed by atoms with Gasteiger partial charge in [0, 0.05) is 28.3 Å². The lowest BCUT2D eigenvalue weighted by Crippen LogP contribution is -2.50. The fourth-order valence-corrected chi connectivity index (χ4v) is 3.68. The highest BCUT2D eigenvalue weighted by molar-refractivity contribution is 6.36. The summed E-state index contributed by atoms with van der Waals surface area (Å²) >= 11 is 6.41. The number of hydrogen-bond donors (Lipinski definition) is 0. The quantitative estimate of drug-likeness (QED) is 0.553. The number of anilines is 1. The van der Waals surface area contributed by atoms with Crippen molar-refractivity contribution in [2.24, 2.45) is 10.1 Å². The molecule has 0 N–H and O–H groups in total. The molecule has 2 aliphatic heterocycles. The summed E-state index contributed by atoms with van der Waals surface area (Å²) in [7, 11) is 3.71. The molecule has 0 radical (unpaired) electrons. The van der Waals surface area contributed by atoms with E-state index >= 15 is 0 Å². The number of carbonyl (C=O) groups is 1. The van der Waals surface area contributed by atoms with Gasteiger partial charge < -0.3 is 4.90 Å². The van der Waals surface area contributed by atoms with Crippen molar-refractivity contribution < 1.29 is 9.72 Å². The van der Waals surface area contributed by atoms with Crippen molar-refractivity contribution in [1.29, 1.82) is 0 Å². The molecule has 0 saturated carbocycles. The number of amidine groups is 1. The van der Waals surface area contributed by atoms with Crippen LogP contribution in [0.1, 0.15) is 11.1 Å². The van der Waals surface area contributed by atoms with Crippen molar-refractivity contribution in [3.05, 3.63) is 68.7 Å². The van der Waals surface area contributed by atoms with Gasteiger partial charge in [-0.1, -0.05) is 29.8 Å². The predicted octanol–water partition coefficient (Wildman–Crippen LogP) is 2.58. The maximum Gasteiger partial charge on any atom is 0.270 e. The Balaban J connectivity index is 1.89. The van der Waals surface area contributed by atoms with E-state index in [-0.39, 0.29) is 24.7 Å². The van der Waals surface area contributed by atoms with Crippen molar-refractivity contribution in [3.63, 3.8) is 0 Å². The molecule has 2 heterocycles. The van der Waals surface area contributed by atoms with Gasteiger partial charge in [0.25, 0.3) is 11.6 Å². The van der Waals surface area contributed by atoms with Crippen LogP contribution in [0, 0.1) is 10.1 Å². The second kappa shape index (κ2) is 7.85. The number of carbonyl (C=O) groups excluding carboxylic acids is 1. The fourth-order valence-electron chi connectivity index (χ4n) is 3.46. The zero-order valence-electron chi connectivity index (χ0n) is 16.4. The number of nitrogens with zero attached hydrogens (tertiary/aromatic N) is 6. The van der Waals surface area contributed by atoms with Crippen molar-refractivity contribution >= 4 is 40.4 Å². The van der Waals surface area contributed by atoms with Crippen LogP contribution in [0.4, 0.5) is 11.4 Å². The van der Waals surface area contributed by atoms with E-state index in [1.54, 1.807) is 17.0 Å². The van der Waals surface area contributed by atoms with Gasteiger partial charge in [-0.15, -0.1) is 0 Å². The summed E-state index contributed by atoms with van der Waals surface area (Å²) in [5, 5.41) is 17.8.